The van der Waals surface area contributed by atoms with E-state index in [-0.39, 0.29) is 30.2 Å². The largest absolute Gasteiger partial charge is 0.351 e. The molecular formula is C20H26N4O3S. The van der Waals surface area contributed by atoms with Gasteiger partial charge in [-0.25, -0.2) is 0 Å². The smallest absolute Gasteiger partial charge is 0.262 e. The Bertz CT molecular complexity index is 772. The lowest BCUT2D eigenvalue weighted by atomic mass is 10.1. The molecule has 28 heavy (non-hydrogen) atoms. The van der Waals surface area contributed by atoms with E-state index in [1.807, 2.05) is 13.8 Å². The van der Waals surface area contributed by atoms with Crippen LogP contribution in [0.25, 0.3) is 0 Å². The van der Waals surface area contributed by atoms with Crippen LogP contribution in [0.3, 0.4) is 0 Å². The first-order valence-electron chi connectivity index (χ1n) is 9.71. The first-order valence-corrected chi connectivity index (χ1v) is 10.6. The number of amides is 3. The second kappa shape index (κ2) is 9.23. The van der Waals surface area contributed by atoms with E-state index in [9.17, 15) is 14.4 Å². The van der Waals surface area contributed by atoms with Gasteiger partial charge in [0, 0.05) is 36.8 Å². The van der Waals surface area contributed by atoms with Gasteiger partial charge in [-0.2, -0.15) is 4.99 Å². The number of amidine groups is 1. The highest BCUT2D eigenvalue weighted by atomic mass is 32.2. The van der Waals surface area contributed by atoms with E-state index in [2.05, 4.69) is 20.5 Å². The second-order valence-corrected chi connectivity index (χ2v) is 8.32. The van der Waals surface area contributed by atoms with E-state index < -0.39 is 5.25 Å². The number of benzene rings is 1. The highest BCUT2D eigenvalue weighted by molar-refractivity contribution is 8.15. The number of nitrogens with one attached hydrogen (secondary N) is 2. The Morgan fingerprint density at radius 2 is 1.93 bits per heavy atom. The lowest BCUT2D eigenvalue weighted by Crippen LogP contribution is -2.31. The number of carbonyl (C=O) groups excluding carboxylic acids is 3. The summed E-state index contributed by atoms with van der Waals surface area (Å²) < 4.78 is 0. The molecular weight excluding hydrogens is 376 g/mol. The Morgan fingerprint density at radius 1 is 1.25 bits per heavy atom. The minimum atomic E-state index is -0.462. The van der Waals surface area contributed by atoms with Gasteiger partial charge >= 0.3 is 0 Å². The lowest BCUT2D eigenvalue weighted by molar-refractivity contribution is -0.121. The molecule has 1 fully saturated rings. The zero-order chi connectivity index (χ0) is 20.1. The lowest BCUT2D eigenvalue weighted by Gasteiger charge is -2.16. The molecule has 1 aromatic rings. The summed E-state index contributed by atoms with van der Waals surface area (Å²) >= 11 is 1.38. The topological polar surface area (TPSA) is 90.9 Å². The van der Waals surface area contributed by atoms with Gasteiger partial charge in [-0.05, 0) is 50.5 Å². The fourth-order valence-corrected chi connectivity index (χ4v) is 4.16. The highest BCUT2D eigenvalue weighted by Gasteiger charge is 2.33. The van der Waals surface area contributed by atoms with E-state index in [4.69, 9.17) is 0 Å². The molecule has 2 heterocycles. The number of thioether (sulfide) groups is 1. The summed E-state index contributed by atoms with van der Waals surface area (Å²) in [6.07, 6.45) is 3.18. The number of anilines is 1. The van der Waals surface area contributed by atoms with Gasteiger partial charge in [0.05, 0.1) is 0 Å². The van der Waals surface area contributed by atoms with Crippen LogP contribution in [0.4, 0.5) is 5.69 Å². The van der Waals surface area contributed by atoms with Crippen molar-refractivity contribution in [2.45, 2.75) is 50.8 Å². The summed E-state index contributed by atoms with van der Waals surface area (Å²) in [5, 5.41) is 5.98. The minimum absolute atomic E-state index is 0.0839. The quantitative estimate of drug-likeness (QED) is 0.763. The van der Waals surface area contributed by atoms with Crippen LogP contribution >= 0.6 is 11.8 Å². The summed E-state index contributed by atoms with van der Waals surface area (Å²) in [5.41, 5.74) is 1.14. The monoisotopic (exact) mass is 402 g/mol. The first kappa shape index (κ1) is 20.4. The summed E-state index contributed by atoms with van der Waals surface area (Å²) in [6.45, 7) is 5.81. The van der Waals surface area contributed by atoms with Crippen molar-refractivity contribution in [1.82, 2.24) is 10.2 Å². The predicted molar refractivity (Wildman–Crippen MR) is 112 cm³/mol. The van der Waals surface area contributed by atoms with Gasteiger partial charge in [0.1, 0.15) is 5.25 Å². The van der Waals surface area contributed by atoms with Crippen molar-refractivity contribution in [1.29, 1.82) is 0 Å². The normalized spacial score (nSPS) is 20.1. The maximum absolute atomic E-state index is 12.3. The molecule has 3 amide bonds. The van der Waals surface area contributed by atoms with Gasteiger partial charge in [0.2, 0.25) is 5.91 Å². The number of carbonyl (C=O) groups is 3. The number of hydrogen-bond donors (Lipinski definition) is 2. The van der Waals surface area contributed by atoms with Crippen LogP contribution in [0.5, 0.6) is 0 Å². The van der Waals surface area contributed by atoms with Crippen LogP contribution in [0.15, 0.2) is 29.3 Å². The van der Waals surface area contributed by atoms with E-state index in [1.165, 1.54) is 11.8 Å². The fraction of sp³-hybridized carbons (Fsp3) is 0.500. The van der Waals surface area contributed by atoms with Gasteiger partial charge in [-0.3, -0.25) is 14.4 Å². The molecule has 2 N–H and O–H groups in total. The second-order valence-electron chi connectivity index (χ2n) is 7.15. The summed E-state index contributed by atoms with van der Waals surface area (Å²) in [5.74, 6) is -0.605. The first-order chi connectivity index (χ1) is 13.5. The third kappa shape index (κ3) is 5.13. The van der Waals surface area contributed by atoms with Gasteiger partial charge in [0.25, 0.3) is 11.8 Å². The number of likely N-dealkylation sites (tertiary alicyclic amines) is 1. The molecule has 0 aromatic heterocycles. The van der Waals surface area contributed by atoms with Gasteiger partial charge < -0.3 is 15.5 Å². The van der Waals surface area contributed by atoms with Crippen molar-refractivity contribution in [2.24, 2.45) is 4.99 Å². The molecule has 150 valence electrons. The molecule has 1 saturated heterocycles. The predicted octanol–water partition coefficient (Wildman–Crippen LogP) is 2.64. The zero-order valence-electron chi connectivity index (χ0n) is 16.2. The minimum Gasteiger partial charge on any atom is -0.351 e. The fourth-order valence-electron chi connectivity index (χ4n) is 3.05. The van der Waals surface area contributed by atoms with Crippen LogP contribution in [-0.2, 0) is 9.59 Å². The Balaban J connectivity index is 1.50. The molecule has 0 aliphatic carbocycles. The summed E-state index contributed by atoms with van der Waals surface area (Å²) in [4.78, 5) is 42.8. The van der Waals surface area contributed by atoms with E-state index in [0.717, 1.165) is 37.5 Å². The molecule has 2 atom stereocenters. The van der Waals surface area contributed by atoms with E-state index >= 15 is 0 Å². The third-order valence-electron chi connectivity index (χ3n) is 4.90. The average molecular weight is 403 g/mol. The van der Waals surface area contributed by atoms with Crippen LogP contribution in [0.2, 0.25) is 0 Å². The molecule has 0 saturated carbocycles. The maximum Gasteiger partial charge on any atom is 0.262 e. The Labute approximate surface area is 169 Å². The average Bonchev–Trinajstić information content (AvgIpc) is 3.32. The molecule has 0 radical (unpaired) electrons. The highest BCUT2D eigenvalue weighted by Crippen LogP contribution is 2.29. The number of nitrogens with zero attached hydrogens (tertiary/aromatic N) is 2. The number of aliphatic imine (C=N–C) groups is 1. The van der Waals surface area contributed by atoms with Crippen molar-refractivity contribution in [3.05, 3.63) is 29.8 Å². The molecule has 1 aromatic carbocycles. The summed E-state index contributed by atoms with van der Waals surface area (Å²) in [6, 6.07) is 6.86. The van der Waals surface area contributed by atoms with Crippen LogP contribution in [-0.4, -0.2) is 52.2 Å². The summed E-state index contributed by atoms with van der Waals surface area (Å²) in [7, 11) is 0. The van der Waals surface area contributed by atoms with Gasteiger partial charge in [-0.15, -0.1) is 0 Å². The van der Waals surface area contributed by atoms with Gasteiger partial charge in [-0.1, -0.05) is 18.7 Å². The standard InChI is InChI=1S/C20H26N4O3S/c1-3-13(2)21-18(26)14-6-8-15(9-7-14)22-17(25)12-16-19(27)23-20(28-16)24-10-4-5-11-24/h6-9,13,16H,3-5,10-12H2,1-2H3,(H,21,26)(H,22,25)/t13-,16+/m1/s1. The van der Waals surface area contributed by atoms with Crippen molar-refractivity contribution < 1.29 is 14.4 Å². The molecule has 7 nitrogen and oxygen atoms in total. The van der Waals surface area contributed by atoms with Crippen LogP contribution in [0, 0.1) is 0 Å². The van der Waals surface area contributed by atoms with Gasteiger partial charge in [0.15, 0.2) is 5.17 Å². The molecule has 0 spiro atoms. The van der Waals surface area contributed by atoms with Crippen molar-refractivity contribution in [2.75, 3.05) is 18.4 Å². The molecule has 0 unspecified atom stereocenters. The Kier molecular flexibility index (Phi) is 6.72. The molecule has 2 aliphatic rings. The number of rotatable bonds is 6. The van der Waals surface area contributed by atoms with Crippen molar-refractivity contribution in [3.63, 3.8) is 0 Å². The molecule has 8 heteroatoms. The van der Waals surface area contributed by atoms with E-state index in [0.29, 0.717) is 11.3 Å². The molecule has 2 aliphatic heterocycles. The van der Waals surface area contributed by atoms with Crippen LogP contribution in [0.1, 0.15) is 49.9 Å². The SMILES string of the molecule is CC[C@@H](C)NC(=O)c1ccc(NC(=O)C[C@@H]2SC(N3CCCC3)=NC2=O)cc1. The molecule has 3 rings (SSSR count). The Hall–Kier alpha value is -2.35. The number of hydrogen-bond acceptors (Lipinski definition) is 5. The van der Waals surface area contributed by atoms with Crippen molar-refractivity contribution >= 4 is 40.3 Å². The molecule has 0 bridgehead atoms. The van der Waals surface area contributed by atoms with Crippen LogP contribution < -0.4 is 10.6 Å². The third-order valence-corrected chi connectivity index (χ3v) is 6.11. The van der Waals surface area contributed by atoms with E-state index in [1.54, 1.807) is 24.3 Å². The maximum atomic E-state index is 12.3. The van der Waals surface area contributed by atoms with Crippen molar-refractivity contribution in [3.8, 4) is 0 Å². The zero-order valence-corrected chi connectivity index (χ0v) is 17.1. The Morgan fingerprint density at radius 3 is 2.57 bits per heavy atom.